The number of ether oxygens (including phenoxy) is 4. The first kappa shape index (κ1) is 26.6. The normalized spacial score (nSPS) is 18.1. The Hall–Kier alpha value is -3.00. The molecule has 0 aliphatic carbocycles. The van der Waals surface area contributed by atoms with Crippen molar-refractivity contribution in [1.29, 1.82) is 0 Å². The number of ketones is 1. The molecule has 2 aromatic rings. The lowest BCUT2D eigenvalue weighted by Gasteiger charge is -2.36. The number of esters is 1. The zero-order valence-electron chi connectivity index (χ0n) is 21.9. The van der Waals surface area contributed by atoms with Crippen LogP contribution >= 0.6 is 0 Å². The van der Waals surface area contributed by atoms with Gasteiger partial charge < -0.3 is 23.4 Å². The van der Waals surface area contributed by atoms with Crippen molar-refractivity contribution in [1.82, 2.24) is 0 Å². The van der Waals surface area contributed by atoms with Crippen molar-refractivity contribution in [2.24, 2.45) is 11.8 Å². The quantitative estimate of drug-likeness (QED) is 0.262. The lowest BCUT2D eigenvalue weighted by atomic mass is 9.84. The minimum Gasteiger partial charge on any atom is -0.541 e. The second-order valence-corrected chi connectivity index (χ2v) is 15.1. The molecule has 1 saturated heterocycles. The highest BCUT2D eigenvalue weighted by atomic mass is 28.4. The van der Waals surface area contributed by atoms with Gasteiger partial charge >= 0.3 is 5.97 Å². The Balaban J connectivity index is 1.83. The second-order valence-electron chi connectivity index (χ2n) is 10.3. The molecule has 2 atom stereocenters. The summed E-state index contributed by atoms with van der Waals surface area (Å²) in [6.45, 7) is 11.0. The number of methoxy groups -OCH3 is 3. The summed E-state index contributed by atoms with van der Waals surface area (Å²) in [5.41, 5.74) is 1.32. The van der Waals surface area contributed by atoms with Crippen molar-refractivity contribution < 1.29 is 33.0 Å². The maximum absolute atomic E-state index is 13.3. The molecule has 0 bridgehead atoms. The van der Waals surface area contributed by atoms with Gasteiger partial charge in [0.1, 0.15) is 12.4 Å². The zero-order valence-corrected chi connectivity index (χ0v) is 22.9. The van der Waals surface area contributed by atoms with Crippen LogP contribution in [-0.2, 0) is 16.0 Å². The van der Waals surface area contributed by atoms with Gasteiger partial charge in [-0.3, -0.25) is 9.59 Å². The van der Waals surface area contributed by atoms with E-state index in [0.717, 1.165) is 5.56 Å². The highest BCUT2D eigenvalue weighted by molar-refractivity contribution is 6.74. The number of carbonyl (C=O) groups excluding carboxylic acids is 2. The summed E-state index contributed by atoms with van der Waals surface area (Å²) in [5, 5.41) is 0.0437. The average molecular weight is 501 g/mol. The summed E-state index contributed by atoms with van der Waals surface area (Å²) in [6, 6.07) is 10.7. The van der Waals surface area contributed by atoms with Crippen molar-refractivity contribution in [3.63, 3.8) is 0 Å². The Morgan fingerprint density at radius 3 is 2.14 bits per heavy atom. The smallest absolute Gasteiger partial charge is 0.310 e. The van der Waals surface area contributed by atoms with E-state index in [2.05, 4.69) is 33.9 Å². The summed E-state index contributed by atoms with van der Waals surface area (Å²) in [4.78, 5) is 25.9. The van der Waals surface area contributed by atoms with Gasteiger partial charge in [0.05, 0.1) is 33.2 Å². The maximum atomic E-state index is 13.3. The van der Waals surface area contributed by atoms with Crippen molar-refractivity contribution in [3.8, 4) is 23.0 Å². The molecule has 1 aliphatic heterocycles. The first-order chi connectivity index (χ1) is 16.4. The predicted molar refractivity (Wildman–Crippen MR) is 136 cm³/mol. The lowest BCUT2D eigenvalue weighted by molar-refractivity contribution is -0.141. The summed E-state index contributed by atoms with van der Waals surface area (Å²) in [5.74, 6) is 0.586. The van der Waals surface area contributed by atoms with Crippen LogP contribution in [0.15, 0.2) is 36.4 Å². The molecule has 0 unspecified atom stereocenters. The predicted octanol–water partition coefficient (Wildman–Crippen LogP) is 5.31. The molecule has 2 aromatic carbocycles. The van der Waals surface area contributed by atoms with Crippen LogP contribution in [0.3, 0.4) is 0 Å². The van der Waals surface area contributed by atoms with E-state index >= 15 is 0 Å². The van der Waals surface area contributed by atoms with Crippen LogP contribution in [0.25, 0.3) is 0 Å². The van der Waals surface area contributed by atoms with Crippen molar-refractivity contribution >= 4 is 20.1 Å². The Morgan fingerprint density at radius 2 is 1.54 bits per heavy atom. The third-order valence-corrected chi connectivity index (χ3v) is 11.4. The van der Waals surface area contributed by atoms with Gasteiger partial charge in [-0.15, -0.1) is 0 Å². The Kier molecular flexibility index (Phi) is 7.84. The van der Waals surface area contributed by atoms with E-state index in [1.54, 1.807) is 25.3 Å². The fourth-order valence-corrected chi connectivity index (χ4v) is 4.88. The number of carbonyl (C=O) groups is 2. The van der Waals surface area contributed by atoms with Crippen LogP contribution in [0.4, 0.5) is 0 Å². The number of cyclic esters (lactones) is 1. The van der Waals surface area contributed by atoms with Crippen molar-refractivity contribution in [2.75, 3.05) is 27.9 Å². The largest absolute Gasteiger partial charge is 0.541 e. The topological polar surface area (TPSA) is 80.3 Å². The molecule has 1 fully saturated rings. The van der Waals surface area contributed by atoms with E-state index in [1.807, 2.05) is 18.2 Å². The fraction of sp³-hybridized carbons (Fsp3) is 0.481. The number of rotatable bonds is 9. The van der Waals surface area contributed by atoms with Gasteiger partial charge in [0.2, 0.25) is 0 Å². The first-order valence-electron chi connectivity index (χ1n) is 11.7. The summed E-state index contributed by atoms with van der Waals surface area (Å²) < 4.78 is 28.0. The summed E-state index contributed by atoms with van der Waals surface area (Å²) in [6.07, 6.45) is 0.360. The van der Waals surface area contributed by atoms with Gasteiger partial charge in [0.25, 0.3) is 8.32 Å². The molecule has 1 heterocycles. The van der Waals surface area contributed by atoms with Crippen LogP contribution in [0.5, 0.6) is 23.0 Å². The van der Waals surface area contributed by atoms with E-state index in [4.69, 9.17) is 23.4 Å². The van der Waals surface area contributed by atoms with E-state index < -0.39 is 20.2 Å². The van der Waals surface area contributed by atoms with E-state index in [-0.39, 0.29) is 23.4 Å². The van der Waals surface area contributed by atoms with Crippen LogP contribution in [-0.4, -0.2) is 48.0 Å². The molecule has 0 amide bonds. The van der Waals surface area contributed by atoms with Gasteiger partial charge in [-0.1, -0.05) is 26.8 Å². The van der Waals surface area contributed by atoms with Gasteiger partial charge in [-0.25, -0.2) is 0 Å². The van der Waals surface area contributed by atoms with E-state index in [0.29, 0.717) is 35.0 Å². The molecule has 190 valence electrons. The lowest BCUT2D eigenvalue weighted by Crippen LogP contribution is -2.43. The minimum atomic E-state index is -2.05. The number of hydrogen-bond donors (Lipinski definition) is 0. The molecule has 0 N–H and O–H groups in total. The third kappa shape index (κ3) is 5.64. The third-order valence-electron chi connectivity index (χ3n) is 7.05. The summed E-state index contributed by atoms with van der Waals surface area (Å²) in [7, 11) is 2.60. The number of Topliss-reactive ketones (excluding diaryl/α,β-unsaturated/α-hetero) is 1. The van der Waals surface area contributed by atoms with Crippen LogP contribution in [0.1, 0.15) is 36.7 Å². The Bertz CT molecular complexity index is 1090. The molecular formula is C27H36O7Si. The molecule has 35 heavy (non-hydrogen) atoms. The fourth-order valence-electron chi connectivity index (χ4n) is 3.85. The zero-order chi connectivity index (χ0) is 26.0. The average Bonchev–Trinajstić information content (AvgIpc) is 3.17. The second kappa shape index (κ2) is 10.3. The van der Waals surface area contributed by atoms with E-state index in [1.165, 1.54) is 14.2 Å². The van der Waals surface area contributed by atoms with Crippen molar-refractivity contribution in [3.05, 3.63) is 47.5 Å². The standard InChI is InChI=1S/C27H36O7Si/c1-27(2,3)35(7,8)34-22-11-9-17(14-23(22)31-5)13-19-20(16-33-26(19)29)25(28)18-10-12-21(30-4)24(15-18)32-6/h9-12,14-15,19-20H,13,16H2,1-8H3/t19-,20+/m1/s1. The first-order valence-corrected chi connectivity index (χ1v) is 14.6. The molecular weight excluding hydrogens is 464 g/mol. The highest BCUT2D eigenvalue weighted by Crippen LogP contribution is 2.41. The highest BCUT2D eigenvalue weighted by Gasteiger charge is 2.42. The van der Waals surface area contributed by atoms with Crippen LogP contribution in [0.2, 0.25) is 18.1 Å². The Morgan fingerprint density at radius 1 is 0.943 bits per heavy atom. The minimum absolute atomic E-state index is 0.0437. The number of hydrogen-bond acceptors (Lipinski definition) is 7. The van der Waals surface area contributed by atoms with Crippen LogP contribution < -0.4 is 18.6 Å². The van der Waals surface area contributed by atoms with Crippen LogP contribution in [0, 0.1) is 11.8 Å². The van der Waals surface area contributed by atoms with E-state index in [9.17, 15) is 9.59 Å². The molecule has 0 radical (unpaired) electrons. The monoisotopic (exact) mass is 500 g/mol. The molecule has 0 saturated carbocycles. The molecule has 3 rings (SSSR count). The van der Waals surface area contributed by atoms with Gasteiger partial charge in [0.15, 0.2) is 23.0 Å². The van der Waals surface area contributed by atoms with Crippen molar-refractivity contribution in [2.45, 2.75) is 45.3 Å². The molecule has 7 nitrogen and oxygen atoms in total. The molecule has 0 aromatic heterocycles. The van der Waals surface area contributed by atoms with Gasteiger partial charge in [-0.05, 0) is 60.4 Å². The maximum Gasteiger partial charge on any atom is 0.310 e. The van der Waals surface area contributed by atoms with Gasteiger partial charge in [-0.2, -0.15) is 0 Å². The Labute approximate surface area is 208 Å². The molecule has 0 spiro atoms. The number of benzene rings is 2. The summed E-state index contributed by atoms with van der Waals surface area (Å²) >= 11 is 0. The molecule has 8 heteroatoms. The SMILES string of the molecule is COc1ccc(C(=O)[C@H]2COC(=O)[C@@H]2Cc2ccc(O[Si](C)(C)C(C)(C)C)c(OC)c2)cc1OC. The molecule has 1 aliphatic rings. The van der Waals surface area contributed by atoms with Gasteiger partial charge in [0, 0.05) is 5.56 Å².